The Hall–Kier alpha value is -2.36. The molecule has 114 valence electrons. The topological polar surface area (TPSA) is 54.0 Å². The van der Waals surface area contributed by atoms with Crippen molar-refractivity contribution in [2.24, 2.45) is 0 Å². The van der Waals surface area contributed by atoms with Gasteiger partial charge in [0.1, 0.15) is 5.69 Å². The van der Waals surface area contributed by atoms with E-state index in [9.17, 15) is 4.79 Å². The van der Waals surface area contributed by atoms with Crippen LogP contribution in [-0.2, 0) is 0 Å². The fourth-order valence-electron chi connectivity index (χ4n) is 2.85. The van der Waals surface area contributed by atoms with Crippen molar-refractivity contribution in [2.75, 3.05) is 10.6 Å². The molecule has 3 rings (SSSR count). The zero-order valence-electron chi connectivity index (χ0n) is 12.8. The van der Waals surface area contributed by atoms with Crippen LogP contribution in [0.4, 0.5) is 11.4 Å². The summed E-state index contributed by atoms with van der Waals surface area (Å²) < 4.78 is 0. The molecule has 22 heavy (non-hydrogen) atoms. The fraction of sp³-hybridized carbons (Fsp3) is 0.333. The van der Waals surface area contributed by atoms with E-state index in [2.05, 4.69) is 15.6 Å². The molecule has 1 heterocycles. The van der Waals surface area contributed by atoms with Crippen LogP contribution < -0.4 is 10.6 Å². The number of nitrogens with one attached hydrogen (secondary N) is 2. The average Bonchev–Trinajstić information content (AvgIpc) is 3.03. The van der Waals surface area contributed by atoms with E-state index in [4.69, 9.17) is 0 Å². The van der Waals surface area contributed by atoms with Crippen LogP contribution in [0.1, 0.15) is 41.7 Å². The smallest absolute Gasteiger partial charge is 0.274 e. The van der Waals surface area contributed by atoms with Crippen LogP contribution in [0.5, 0.6) is 0 Å². The highest BCUT2D eigenvalue weighted by molar-refractivity contribution is 6.03. The average molecular weight is 295 g/mol. The summed E-state index contributed by atoms with van der Waals surface area (Å²) in [6.07, 6.45) is 6.65. The van der Waals surface area contributed by atoms with Gasteiger partial charge in [0.25, 0.3) is 5.91 Å². The lowest BCUT2D eigenvalue weighted by atomic mass is 10.2. The minimum atomic E-state index is -0.177. The highest BCUT2D eigenvalue weighted by Crippen LogP contribution is 2.22. The monoisotopic (exact) mass is 295 g/mol. The maximum absolute atomic E-state index is 12.4. The molecule has 0 saturated heterocycles. The predicted molar refractivity (Wildman–Crippen MR) is 89.2 cm³/mol. The van der Waals surface area contributed by atoms with Crippen molar-refractivity contribution in [1.82, 2.24) is 4.98 Å². The number of carbonyl (C=O) groups is 1. The van der Waals surface area contributed by atoms with Gasteiger partial charge in [-0.1, -0.05) is 31.0 Å². The number of rotatable bonds is 4. The second kappa shape index (κ2) is 6.60. The number of hydrogen-bond acceptors (Lipinski definition) is 3. The molecule has 0 spiro atoms. The fourth-order valence-corrected chi connectivity index (χ4v) is 2.85. The van der Waals surface area contributed by atoms with E-state index in [1.165, 1.54) is 25.7 Å². The molecule has 0 bridgehead atoms. The van der Waals surface area contributed by atoms with E-state index in [1.807, 2.05) is 43.3 Å². The van der Waals surface area contributed by atoms with Gasteiger partial charge in [0, 0.05) is 23.6 Å². The Morgan fingerprint density at radius 1 is 1.18 bits per heavy atom. The van der Waals surface area contributed by atoms with Crippen LogP contribution in [0, 0.1) is 6.92 Å². The zero-order chi connectivity index (χ0) is 15.4. The van der Waals surface area contributed by atoms with Crippen LogP contribution in [0.3, 0.4) is 0 Å². The number of anilines is 2. The molecule has 0 atom stereocenters. The predicted octanol–water partition coefficient (Wildman–Crippen LogP) is 4.00. The lowest BCUT2D eigenvalue weighted by molar-refractivity contribution is 0.102. The van der Waals surface area contributed by atoms with Crippen LogP contribution in [0.2, 0.25) is 0 Å². The number of nitrogens with zero attached hydrogens (tertiary/aromatic N) is 1. The molecule has 2 N–H and O–H groups in total. The minimum Gasteiger partial charge on any atom is -0.382 e. The molecular weight excluding hydrogens is 274 g/mol. The summed E-state index contributed by atoms with van der Waals surface area (Å²) in [5, 5.41) is 6.41. The van der Waals surface area contributed by atoms with Crippen molar-refractivity contribution in [3.63, 3.8) is 0 Å². The number of benzene rings is 1. The summed E-state index contributed by atoms with van der Waals surface area (Å²) >= 11 is 0. The molecule has 1 aliphatic carbocycles. The van der Waals surface area contributed by atoms with Crippen molar-refractivity contribution < 1.29 is 4.79 Å². The van der Waals surface area contributed by atoms with E-state index in [-0.39, 0.29) is 5.91 Å². The Labute approximate surface area is 131 Å². The van der Waals surface area contributed by atoms with Crippen molar-refractivity contribution in [3.05, 3.63) is 53.9 Å². The summed E-state index contributed by atoms with van der Waals surface area (Å²) in [5.41, 5.74) is 3.27. The number of hydrogen-bond donors (Lipinski definition) is 2. The Morgan fingerprint density at radius 3 is 2.73 bits per heavy atom. The zero-order valence-corrected chi connectivity index (χ0v) is 12.8. The third kappa shape index (κ3) is 3.45. The Kier molecular flexibility index (Phi) is 4.37. The molecule has 2 aromatic rings. The van der Waals surface area contributed by atoms with Crippen molar-refractivity contribution >= 4 is 17.3 Å². The van der Waals surface area contributed by atoms with Crippen LogP contribution in [0.25, 0.3) is 0 Å². The Balaban J connectivity index is 1.71. The Morgan fingerprint density at radius 2 is 1.95 bits per heavy atom. The van der Waals surface area contributed by atoms with Gasteiger partial charge in [-0.2, -0.15) is 0 Å². The van der Waals surface area contributed by atoms with Crippen molar-refractivity contribution in [1.29, 1.82) is 0 Å². The van der Waals surface area contributed by atoms with E-state index in [0.29, 0.717) is 11.7 Å². The molecule has 4 nitrogen and oxygen atoms in total. The highest BCUT2D eigenvalue weighted by atomic mass is 16.1. The van der Waals surface area contributed by atoms with E-state index in [1.54, 1.807) is 6.20 Å². The quantitative estimate of drug-likeness (QED) is 0.896. The van der Waals surface area contributed by atoms with Crippen molar-refractivity contribution in [3.8, 4) is 0 Å². The molecular formula is C18H21N3O. The number of pyridine rings is 1. The lowest BCUT2D eigenvalue weighted by Gasteiger charge is -2.14. The first-order valence-corrected chi connectivity index (χ1v) is 7.82. The van der Waals surface area contributed by atoms with Crippen LogP contribution in [0.15, 0.2) is 42.6 Å². The molecule has 1 aromatic heterocycles. The van der Waals surface area contributed by atoms with Gasteiger partial charge in [0.15, 0.2) is 0 Å². The Bertz CT molecular complexity index is 663. The third-order valence-electron chi connectivity index (χ3n) is 4.11. The molecule has 1 aliphatic rings. The SMILES string of the molecule is Cc1ccccc1NC(=O)c1cc(NC2CCCC2)ccn1. The molecule has 0 unspecified atom stereocenters. The second-order valence-corrected chi connectivity index (χ2v) is 5.82. The summed E-state index contributed by atoms with van der Waals surface area (Å²) in [5.74, 6) is -0.177. The number of aromatic nitrogens is 1. The summed E-state index contributed by atoms with van der Waals surface area (Å²) in [6, 6.07) is 12.0. The van der Waals surface area contributed by atoms with E-state index in [0.717, 1.165) is 16.9 Å². The molecule has 0 aliphatic heterocycles. The number of amides is 1. The molecule has 1 fully saturated rings. The van der Waals surface area contributed by atoms with E-state index >= 15 is 0 Å². The molecule has 0 radical (unpaired) electrons. The molecule has 1 amide bonds. The minimum absolute atomic E-state index is 0.177. The summed E-state index contributed by atoms with van der Waals surface area (Å²) in [7, 11) is 0. The third-order valence-corrected chi connectivity index (χ3v) is 4.11. The van der Waals surface area contributed by atoms with Gasteiger partial charge in [0.05, 0.1) is 0 Å². The summed E-state index contributed by atoms with van der Waals surface area (Å²) in [6.45, 7) is 1.97. The van der Waals surface area contributed by atoms with Crippen LogP contribution >= 0.6 is 0 Å². The molecule has 1 aromatic carbocycles. The number of para-hydroxylation sites is 1. The lowest BCUT2D eigenvalue weighted by Crippen LogP contribution is -2.17. The van der Waals surface area contributed by atoms with Gasteiger partial charge in [0.2, 0.25) is 0 Å². The second-order valence-electron chi connectivity index (χ2n) is 5.82. The molecule has 4 heteroatoms. The first-order chi connectivity index (χ1) is 10.7. The number of carbonyl (C=O) groups excluding carboxylic acids is 1. The van der Waals surface area contributed by atoms with Gasteiger partial charge in [-0.3, -0.25) is 9.78 Å². The number of aryl methyl sites for hydroxylation is 1. The first-order valence-electron chi connectivity index (χ1n) is 7.82. The normalized spacial score (nSPS) is 14.8. The van der Waals surface area contributed by atoms with Crippen LogP contribution in [-0.4, -0.2) is 16.9 Å². The van der Waals surface area contributed by atoms with Gasteiger partial charge < -0.3 is 10.6 Å². The van der Waals surface area contributed by atoms with Gasteiger partial charge in [-0.15, -0.1) is 0 Å². The van der Waals surface area contributed by atoms with Gasteiger partial charge in [-0.05, 0) is 43.5 Å². The standard InChI is InChI=1S/C18H21N3O/c1-13-6-2-5-9-16(13)21-18(22)17-12-15(10-11-19-17)20-14-7-3-4-8-14/h2,5-6,9-12,14H,3-4,7-8H2,1H3,(H,19,20)(H,21,22). The molecule has 1 saturated carbocycles. The summed E-state index contributed by atoms with van der Waals surface area (Å²) in [4.78, 5) is 16.5. The first kappa shape index (κ1) is 14.6. The maximum Gasteiger partial charge on any atom is 0.274 e. The van der Waals surface area contributed by atoms with Crippen molar-refractivity contribution in [2.45, 2.75) is 38.6 Å². The maximum atomic E-state index is 12.4. The van der Waals surface area contributed by atoms with E-state index < -0.39 is 0 Å². The highest BCUT2D eigenvalue weighted by Gasteiger charge is 2.15. The largest absolute Gasteiger partial charge is 0.382 e. The van der Waals surface area contributed by atoms with Gasteiger partial charge in [-0.25, -0.2) is 0 Å². The van der Waals surface area contributed by atoms with Gasteiger partial charge >= 0.3 is 0 Å².